The van der Waals surface area contributed by atoms with Gasteiger partial charge in [0.2, 0.25) is 0 Å². The second kappa shape index (κ2) is 4.22. The zero-order valence-corrected chi connectivity index (χ0v) is 10.7. The summed E-state index contributed by atoms with van der Waals surface area (Å²) in [6, 6.07) is 0. The van der Waals surface area contributed by atoms with Crippen molar-refractivity contribution in [2.45, 2.75) is 35.4 Å². The first-order chi connectivity index (χ1) is 6.63. The third-order valence-electron chi connectivity index (χ3n) is 3.48. The van der Waals surface area contributed by atoms with Crippen LogP contribution in [0, 0.1) is 0 Å². The molecule has 0 aliphatic carbocycles. The van der Waals surface area contributed by atoms with E-state index in [1.807, 2.05) is 6.92 Å². The first-order valence-corrected chi connectivity index (χ1v) is 6.48. The third kappa shape index (κ3) is 1.93. The molecule has 2 heterocycles. The fourth-order valence-corrected chi connectivity index (χ4v) is 2.84. The van der Waals surface area contributed by atoms with E-state index < -0.39 is 6.17 Å². The summed E-state index contributed by atoms with van der Waals surface area (Å²) in [5.41, 5.74) is -0.350. The van der Waals surface area contributed by atoms with Crippen molar-refractivity contribution in [3.05, 3.63) is 0 Å². The van der Waals surface area contributed by atoms with Crippen molar-refractivity contribution in [2.75, 3.05) is 26.3 Å². The van der Waals surface area contributed by atoms with Crippen LogP contribution >= 0.6 is 22.6 Å². The van der Waals surface area contributed by atoms with Gasteiger partial charge in [0.1, 0.15) is 6.17 Å². The number of likely N-dealkylation sites (tertiary alicyclic amines) is 1. The number of alkyl halides is 2. The van der Waals surface area contributed by atoms with E-state index in [1.165, 1.54) is 12.8 Å². The predicted octanol–water partition coefficient (Wildman–Crippen LogP) is 2.01. The minimum absolute atomic E-state index is 0.278. The summed E-state index contributed by atoms with van der Waals surface area (Å²) in [6.45, 7) is 4.88. The Kier molecular flexibility index (Phi) is 3.34. The highest BCUT2D eigenvalue weighted by molar-refractivity contribution is 14.1. The molecule has 2 nitrogen and oxygen atoms in total. The maximum atomic E-state index is 13.7. The van der Waals surface area contributed by atoms with Crippen molar-refractivity contribution >= 4 is 22.6 Å². The SMILES string of the molecule is CC1(N2CCC(I)CC2)COCC1F. The van der Waals surface area contributed by atoms with Crippen LogP contribution in [0.3, 0.4) is 0 Å². The van der Waals surface area contributed by atoms with E-state index in [-0.39, 0.29) is 12.1 Å². The van der Waals surface area contributed by atoms with Gasteiger partial charge in [-0.05, 0) is 32.9 Å². The first-order valence-electron chi connectivity index (χ1n) is 5.24. The van der Waals surface area contributed by atoms with E-state index in [0.29, 0.717) is 6.61 Å². The van der Waals surface area contributed by atoms with Gasteiger partial charge in [-0.3, -0.25) is 4.90 Å². The molecule has 2 fully saturated rings. The number of hydrogen-bond donors (Lipinski definition) is 0. The second-order valence-corrected chi connectivity index (χ2v) is 6.26. The summed E-state index contributed by atoms with van der Waals surface area (Å²) >= 11 is 2.49. The summed E-state index contributed by atoms with van der Waals surface area (Å²) in [5.74, 6) is 0. The van der Waals surface area contributed by atoms with Gasteiger partial charge >= 0.3 is 0 Å². The van der Waals surface area contributed by atoms with Gasteiger partial charge in [0, 0.05) is 3.92 Å². The number of piperidine rings is 1. The molecule has 0 radical (unpaired) electrons. The van der Waals surface area contributed by atoms with Crippen LogP contribution in [0.4, 0.5) is 4.39 Å². The Labute approximate surface area is 98.3 Å². The van der Waals surface area contributed by atoms with Crippen LogP contribution in [0.5, 0.6) is 0 Å². The van der Waals surface area contributed by atoms with Gasteiger partial charge in [-0.2, -0.15) is 0 Å². The zero-order valence-electron chi connectivity index (χ0n) is 8.51. The summed E-state index contributed by atoms with van der Waals surface area (Å²) in [4.78, 5) is 2.28. The number of ether oxygens (including phenoxy) is 1. The average Bonchev–Trinajstić information content (AvgIpc) is 2.49. The molecular formula is C10H17FINO. The molecule has 2 aliphatic heterocycles. The van der Waals surface area contributed by atoms with E-state index in [1.54, 1.807) is 0 Å². The summed E-state index contributed by atoms with van der Waals surface area (Å²) in [5, 5.41) is 0. The topological polar surface area (TPSA) is 12.5 Å². The number of hydrogen-bond acceptors (Lipinski definition) is 2. The quantitative estimate of drug-likeness (QED) is 0.542. The molecule has 2 atom stereocenters. The largest absolute Gasteiger partial charge is 0.376 e. The molecule has 0 saturated carbocycles. The van der Waals surface area contributed by atoms with Crippen molar-refractivity contribution in [2.24, 2.45) is 0 Å². The minimum Gasteiger partial charge on any atom is -0.376 e. The maximum absolute atomic E-state index is 13.7. The number of halogens is 2. The van der Waals surface area contributed by atoms with E-state index in [2.05, 4.69) is 27.5 Å². The van der Waals surface area contributed by atoms with Crippen molar-refractivity contribution in [1.82, 2.24) is 4.90 Å². The Bertz CT molecular complexity index is 208. The zero-order chi connectivity index (χ0) is 10.2. The first kappa shape index (κ1) is 11.1. The van der Waals surface area contributed by atoms with E-state index in [9.17, 15) is 4.39 Å². The molecule has 0 spiro atoms. The van der Waals surface area contributed by atoms with Gasteiger partial charge in [-0.15, -0.1) is 0 Å². The highest BCUT2D eigenvalue weighted by Crippen LogP contribution is 2.32. The van der Waals surface area contributed by atoms with Crippen molar-refractivity contribution in [3.63, 3.8) is 0 Å². The Morgan fingerprint density at radius 3 is 2.57 bits per heavy atom. The van der Waals surface area contributed by atoms with Gasteiger partial charge in [-0.1, -0.05) is 22.6 Å². The predicted molar refractivity (Wildman–Crippen MR) is 62.7 cm³/mol. The van der Waals surface area contributed by atoms with Crippen LogP contribution in [0.15, 0.2) is 0 Å². The molecule has 14 heavy (non-hydrogen) atoms. The van der Waals surface area contributed by atoms with Crippen molar-refractivity contribution in [3.8, 4) is 0 Å². The van der Waals surface area contributed by atoms with Crippen LogP contribution in [-0.2, 0) is 4.74 Å². The number of nitrogens with zero attached hydrogens (tertiary/aromatic N) is 1. The number of rotatable bonds is 1. The Morgan fingerprint density at radius 2 is 2.07 bits per heavy atom. The Hall–Kier alpha value is 0.580. The lowest BCUT2D eigenvalue weighted by molar-refractivity contribution is 0.0366. The van der Waals surface area contributed by atoms with Gasteiger partial charge in [0.05, 0.1) is 18.8 Å². The fraction of sp³-hybridized carbons (Fsp3) is 1.00. The lowest BCUT2D eigenvalue weighted by Crippen LogP contribution is -2.55. The van der Waals surface area contributed by atoms with Crippen molar-refractivity contribution < 1.29 is 9.13 Å². The molecule has 2 saturated heterocycles. The maximum Gasteiger partial charge on any atom is 0.144 e. The van der Waals surface area contributed by atoms with Gasteiger partial charge in [0.25, 0.3) is 0 Å². The van der Waals surface area contributed by atoms with Crippen LogP contribution in [-0.4, -0.2) is 46.8 Å². The summed E-state index contributed by atoms with van der Waals surface area (Å²) in [7, 11) is 0. The highest BCUT2D eigenvalue weighted by Gasteiger charge is 2.45. The van der Waals surface area contributed by atoms with E-state index in [4.69, 9.17) is 4.74 Å². The Balaban J connectivity index is 2.00. The van der Waals surface area contributed by atoms with Gasteiger partial charge < -0.3 is 4.74 Å². The smallest absolute Gasteiger partial charge is 0.144 e. The van der Waals surface area contributed by atoms with Gasteiger partial charge in [-0.25, -0.2) is 4.39 Å². The summed E-state index contributed by atoms with van der Waals surface area (Å²) in [6.07, 6.45) is 1.56. The molecule has 0 aromatic rings. The third-order valence-corrected chi connectivity index (χ3v) is 4.73. The molecule has 0 bridgehead atoms. The molecule has 82 valence electrons. The standard InChI is InChI=1S/C10H17FINO/c1-10(7-14-6-9(10)11)13-4-2-8(12)3-5-13/h8-9H,2-7H2,1H3. The highest BCUT2D eigenvalue weighted by atomic mass is 127. The Morgan fingerprint density at radius 1 is 1.43 bits per heavy atom. The van der Waals surface area contributed by atoms with E-state index in [0.717, 1.165) is 17.0 Å². The molecule has 4 heteroatoms. The monoisotopic (exact) mass is 313 g/mol. The second-order valence-electron chi connectivity index (χ2n) is 4.50. The van der Waals surface area contributed by atoms with Gasteiger partial charge in [0.15, 0.2) is 0 Å². The van der Waals surface area contributed by atoms with Crippen LogP contribution in [0.25, 0.3) is 0 Å². The normalized spacial score (nSPS) is 41.8. The summed E-state index contributed by atoms with van der Waals surface area (Å²) < 4.78 is 19.7. The van der Waals surface area contributed by atoms with Crippen LogP contribution in [0.1, 0.15) is 19.8 Å². The van der Waals surface area contributed by atoms with Crippen molar-refractivity contribution in [1.29, 1.82) is 0 Å². The van der Waals surface area contributed by atoms with Crippen LogP contribution in [0.2, 0.25) is 0 Å². The molecule has 2 unspecified atom stereocenters. The average molecular weight is 313 g/mol. The lowest BCUT2D eigenvalue weighted by Gasteiger charge is -2.42. The molecular weight excluding hydrogens is 296 g/mol. The molecule has 0 aromatic carbocycles. The van der Waals surface area contributed by atoms with E-state index >= 15 is 0 Å². The molecule has 0 amide bonds. The minimum atomic E-state index is -0.812. The molecule has 2 aliphatic rings. The van der Waals surface area contributed by atoms with Crippen LogP contribution < -0.4 is 0 Å². The lowest BCUT2D eigenvalue weighted by atomic mass is 9.94. The fourth-order valence-electron chi connectivity index (χ4n) is 2.29. The molecule has 2 rings (SSSR count). The molecule has 0 aromatic heterocycles. The molecule has 0 N–H and O–H groups in total.